The number of esters is 1. The first kappa shape index (κ1) is 7.91. The molecule has 0 amide bonds. The van der Waals surface area contributed by atoms with Crippen LogP contribution in [-0.4, -0.2) is 18.6 Å². The van der Waals surface area contributed by atoms with Gasteiger partial charge in [0.25, 0.3) is 0 Å². The lowest BCUT2D eigenvalue weighted by atomic mass is 10.2. The Labute approximate surface area is 65.4 Å². The van der Waals surface area contributed by atoms with Crippen molar-refractivity contribution < 1.29 is 9.53 Å². The van der Waals surface area contributed by atoms with Crippen LogP contribution in [0.5, 0.6) is 0 Å². The van der Waals surface area contributed by atoms with Gasteiger partial charge in [-0.2, -0.15) is 0 Å². The van der Waals surface area contributed by atoms with Gasteiger partial charge in [-0.3, -0.25) is 0 Å². The Morgan fingerprint density at radius 3 is 3.18 bits per heavy atom. The Kier molecular flexibility index (Phi) is 2.36. The van der Waals surface area contributed by atoms with Crippen molar-refractivity contribution >= 4 is 5.97 Å². The molecule has 1 unspecified atom stereocenters. The number of nitrogens with two attached hydrogens (primary N) is 1. The van der Waals surface area contributed by atoms with Gasteiger partial charge in [0, 0.05) is 6.42 Å². The molecule has 1 aliphatic heterocycles. The van der Waals surface area contributed by atoms with E-state index in [1.807, 2.05) is 0 Å². The van der Waals surface area contributed by atoms with E-state index in [1.54, 1.807) is 13.0 Å². The van der Waals surface area contributed by atoms with Crippen LogP contribution in [0.2, 0.25) is 0 Å². The summed E-state index contributed by atoms with van der Waals surface area (Å²) in [4.78, 5) is 11.0. The van der Waals surface area contributed by atoms with E-state index in [1.165, 1.54) is 0 Å². The van der Waals surface area contributed by atoms with Gasteiger partial charge in [0.1, 0.15) is 6.04 Å². The molecule has 4 heteroatoms. The van der Waals surface area contributed by atoms with Gasteiger partial charge in [-0.05, 0) is 13.0 Å². The van der Waals surface area contributed by atoms with Crippen LogP contribution in [0.1, 0.15) is 13.3 Å². The maximum absolute atomic E-state index is 11.0. The van der Waals surface area contributed by atoms with E-state index < -0.39 is 0 Å². The van der Waals surface area contributed by atoms with Crippen molar-refractivity contribution in [2.24, 2.45) is 5.73 Å². The number of hydrogen-bond acceptors (Lipinski definition) is 4. The van der Waals surface area contributed by atoms with Crippen LogP contribution in [-0.2, 0) is 9.53 Å². The summed E-state index contributed by atoms with van der Waals surface area (Å²) < 4.78 is 4.78. The average molecular weight is 156 g/mol. The summed E-state index contributed by atoms with van der Waals surface area (Å²) in [5, 5.41) is 2.80. The zero-order valence-electron chi connectivity index (χ0n) is 6.46. The third-order valence-corrected chi connectivity index (χ3v) is 1.49. The molecule has 1 rings (SSSR count). The fourth-order valence-corrected chi connectivity index (χ4v) is 0.962. The highest BCUT2D eigenvalue weighted by Gasteiger charge is 2.22. The van der Waals surface area contributed by atoms with Crippen molar-refractivity contribution in [3.63, 3.8) is 0 Å². The number of hydrogen-bond donors (Lipinski definition) is 2. The maximum atomic E-state index is 11.0. The molecule has 0 saturated heterocycles. The van der Waals surface area contributed by atoms with Gasteiger partial charge >= 0.3 is 5.97 Å². The van der Waals surface area contributed by atoms with Gasteiger partial charge in [-0.1, -0.05) is 0 Å². The average Bonchev–Trinajstić information content (AvgIpc) is 2.36. The Bertz CT molecular complexity index is 189. The largest absolute Gasteiger partial charge is 0.464 e. The van der Waals surface area contributed by atoms with Crippen molar-refractivity contribution in [3.05, 3.63) is 11.9 Å². The second-order valence-electron chi connectivity index (χ2n) is 2.34. The van der Waals surface area contributed by atoms with E-state index >= 15 is 0 Å². The minimum atomic E-state index is -0.269. The fourth-order valence-electron chi connectivity index (χ4n) is 0.962. The minimum Gasteiger partial charge on any atom is -0.464 e. The molecule has 11 heavy (non-hydrogen) atoms. The van der Waals surface area contributed by atoms with Gasteiger partial charge < -0.3 is 15.8 Å². The molecule has 0 spiro atoms. The first-order valence-corrected chi connectivity index (χ1v) is 3.63. The third kappa shape index (κ3) is 1.86. The van der Waals surface area contributed by atoms with E-state index in [4.69, 9.17) is 10.5 Å². The summed E-state index contributed by atoms with van der Waals surface area (Å²) in [6.45, 7) is 2.19. The topological polar surface area (TPSA) is 64.3 Å². The Morgan fingerprint density at radius 1 is 2.00 bits per heavy atom. The summed E-state index contributed by atoms with van der Waals surface area (Å²) in [6, 6.07) is -0.269. The van der Waals surface area contributed by atoms with E-state index in [-0.39, 0.29) is 12.0 Å². The second-order valence-corrected chi connectivity index (χ2v) is 2.34. The molecular weight excluding hydrogens is 144 g/mol. The smallest absolute Gasteiger partial charge is 0.328 e. The predicted octanol–water partition coefficient (Wildman–Crippen LogP) is -0.289. The molecule has 0 aliphatic carbocycles. The molecule has 0 fully saturated rings. The SMILES string of the molecule is CCOC(=O)C1CC=C(N)N1. The molecule has 1 aliphatic rings. The van der Waals surface area contributed by atoms with Crippen molar-refractivity contribution in [2.45, 2.75) is 19.4 Å². The number of carbonyl (C=O) groups is 1. The Morgan fingerprint density at radius 2 is 2.73 bits per heavy atom. The number of ether oxygens (including phenoxy) is 1. The molecule has 0 radical (unpaired) electrons. The van der Waals surface area contributed by atoms with Crippen molar-refractivity contribution in [1.82, 2.24) is 5.32 Å². The molecule has 0 bridgehead atoms. The standard InChI is InChI=1S/C7H12N2O2/c1-2-11-7(10)5-3-4-6(8)9-5/h4-5,9H,2-3,8H2,1H3. The van der Waals surface area contributed by atoms with Crippen LogP contribution in [0.4, 0.5) is 0 Å². The molecule has 3 N–H and O–H groups in total. The lowest BCUT2D eigenvalue weighted by molar-refractivity contribution is -0.145. The Balaban J connectivity index is 2.34. The van der Waals surface area contributed by atoms with Gasteiger partial charge in [-0.15, -0.1) is 0 Å². The van der Waals surface area contributed by atoms with Crippen LogP contribution < -0.4 is 11.1 Å². The lowest BCUT2D eigenvalue weighted by Crippen LogP contribution is -2.34. The predicted molar refractivity (Wildman–Crippen MR) is 40.4 cm³/mol. The summed E-state index contributed by atoms with van der Waals surface area (Å²) in [5.74, 6) is 0.326. The zero-order chi connectivity index (χ0) is 8.27. The molecule has 1 atom stereocenters. The highest BCUT2D eigenvalue weighted by Crippen LogP contribution is 2.05. The normalized spacial score (nSPS) is 22.3. The molecule has 4 nitrogen and oxygen atoms in total. The van der Waals surface area contributed by atoms with Gasteiger partial charge in [0.05, 0.1) is 12.4 Å². The molecule has 1 heterocycles. The van der Waals surface area contributed by atoms with Crippen LogP contribution in [0.25, 0.3) is 0 Å². The lowest BCUT2D eigenvalue weighted by Gasteiger charge is -2.09. The van der Waals surface area contributed by atoms with E-state index in [2.05, 4.69) is 5.32 Å². The minimum absolute atomic E-state index is 0.232. The molecule has 0 aromatic heterocycles. The summed E-state index contributed by atoms with van der Waals surface area (Å²) >= 11 is 0. The van der Waals surface area contributed by atoms with E-state index in [9.17, 15) is 4.79 Å². The Hall–Kier alpha value is -1.19. The van der Waals surface area contributed by atoms with Crippen molar-refractivity contribution in [2.75, 3.05) is 6.61 Å². The zero-order valence-corrected chi connectivity index (χ0v) is 6.46. The van der Waals surface area contributed by atoms with Crippen LogP contribution >= 0.6 is 0 Å². The molecule has 62 valence electrons. The van der Waals surface area contributed by atoms with Crippen LogP contribution in [0.3, 0.4) is 0 Å². The first-order valence-electron chi connectivity index (χ1n) is 3.63. The third-order valence-electron chi connectivity index (χ3n) is 1.49. The molecule has 0 aromatic carbocycles. The van der Waals surface area contributed by atoms with Gasteiger partial charge in [0.2, 0.25) is 0 Å². The molecular formula is C7H12N2O2. The highest BCUT2D eigenvalue weighted by atomic mass is 16.5. The van der Waals surface area contributed by atoms with Crippen molar-refractivity contribution in [3.8, 4) is 0 Å². The summed E-state index contributed by atoms with van der Waals surface area (Å²) in [6.07, 6.45) is 2.41. The van der Waals surface area contributed by atoms with E-state index in [0.717, 1.165) is 0 Å². The van der Waals surface area contributed by atoms with E-state index in [0.29, 0.717) is 18.8 Å². The van der Waals surface area contributed by atoms with Crippen molar-refractivity contribution in [1.29, 1.82) is 0 Å². The van der Waals surface area contributed by atoms with Crippen LogP contribution in [0.15, 0.2) is 11.9 Å². The monoisotopic (exact) mass is 156 g/mol. The quantitative estimate of drug-likeness (QED) is 0.539. The molecule has 0 aromatic rings. The number of carbonyl (C=O) groups excluding carboxylic acids is 1. The summed E-state index contributed by atoms with van der Waals surface area (Å²) in [5.41, 5.74) is 5.40. The first-order chi connectivity index (χ1) is 5.24. The maximum Gasteiger partial charge on any atom is 0.328 e. The van der Waals surface area contributed by atoms with Crippen LogP contribution in [0, 0.1) is 0 Å². The summed E-state index contributed by atoms with van der Waals surface area (Å²) in [7, 11) is 0. The highest BCUT2D eigenvalue weighted by molar-refractivity contribution is 5.76. The number of nitrogens with one attached hydrogen (secondary N) is 1. The van der Waals surface area contributed by atoms with Gasteiger partial charge in [0.15, 0.2) is 0 Å². The number of rotatable bonds is 2. The fraction of sp³-hybridized carbons (Fsp3) is 0.571. The second kappa shape index (κ2) is 3.27. The molecule has 0 saturated carbocycles. The van der Waals surface area contributed by atoms with Gasteiger partial charge in [-0.25, -0.2) is 4.79 Å².